The molecule has 3 aromatic rings. The van der Waals surface area contributed by atoms with Crippen molar-refractivity contribution in [2.45, 2.75) is 13.3 Å². The molecule has 6 heteroatoms. The van der Waals surface area contributed by atoms with Crippen molar-refractivity contribution in [2.75, 3.05) is 5.73 Å². The van der Waals surface area contributed by atoms with Crippen LogP contribution in [0.4, 0.5) is 5.69 Å². The lowest BCUT2D eigenvalue weighted by atomic mass is 10.3. The minimum atomic E-state index is 0.769. The zero-order valence-electron chi connectivity index (χ0n) is 9.17. The molecule has 1 aromatic carbocycles. The lowest BCUT2D eigenvalue weighted by molar-refractivity contribution is 0.992. The van der Waals surface area contributed by atoms with Crippen LogP contribution in [0.1, 0.15) is 12.6 Å². The molecule has 0 amide bonds. The molecule has 0 aliphatic rings. The highest BCUT2D eigenvalue weighted by Crippen LogP contribution is 2.34. The number of rotatable bonds is 2. The first kappa shape index (κ1) is 10.6. The molecule has 0 bridgehead atoms. The number of nitrogens with zero attached hydrogens (tertiary/aromatic N) is 3. The van der Waals surface area contributed by atoms with Crippen molar-refractivity contribution in [3.63, 3.8) is 0 Å². The average Bonchev–Trinajstić information content (AvgIpc) is 2.93. The molecule has 0 fully saturated rings. The van der Waals surface area contributed by atoms with Crippen molar-refractivity contribution in [1.29, 1.82) is 0 Å². The Labute approximate surface area is 106 Å². The zero-order valence-corrected chi connectivity index (χ0v) is 10.8. The van der Waals surface area contributed by atoms with Gasteiger partial charge in [-0.1, -0.05) is 11.4 Å². The summed E-state index contributed by atoms with van der Waals surface area (Å²) in [5.41, 5.74) is 8.53. The summed E-state index contributed by atoms with van der Waals surface area (Å²) in [6, 6.07) is 5.78. The molecule has 0 atom stereocenters. The summed E-state index contributed by atoms with van der Waals surface area (Å²) < 4.78 is 5.10. The average molecular weight is 262 g/mol. The van der Waals surface area contributed by atoms with Crippen LogP contribution in [0, 0.1) is 0 Å². The molecular formula is C11H10N4S2. The minimum absolute atomic E-state index is 0.769. The molecule has 4 nitrogen and oxygen atoms in total. The fourth-order valence-corrected chi connectivity index (χ4v) is 3.49. The van der Waals surface area contributed by atoms with Crippen LogP contribution in [0.25, 0.3) is 20.1 Å². The number of benzene rings is 1. The van der Waals surface area contributed by atoms with Crippen LogP contribution in [0.3, 0.4) is 0 Å². The summed E-state index contributed by atoms with van der Waals surface area (Å²) in [6.07, 6.45) is 0.879. The Morgan fingerprint density at radius 2 is 2.24 bits per heavy atom. The number of aromatic nitrogens is 3. The lowest BCUT2D eigenvalue weighted by Gasteiger charge is -1.90. The molecule has 0 saturated carbocycles. The summed E-state index contributed by atoms with van der Waals surface area (Å²) in [6.45, 7) is 2.07. The molecule has 0 aliphatic carbocycles. The molecule has 2 heterocycles. The predicted molar refractivity (Wildman–Crippen MR) is 72.3 cm³/mol. The van der Waals surface area contributed by atoms with E-state index < -0.39 is 0 Å². The van der Waals surface area contributed by atoms with E-state index >= 15 is 0 Å². The van der Waals surface area contributed by atoms with Crippen molar-refractivity contribution < 1.29 is 0 Å². The molecule has 17 heavy (non-hydrogen) atoms. The quantitative estimate of drug-likeness (QED) is 0.721. The summed E-state index contributed by atoms with van der Waals surface area (Å²) in [5, 5.41) is 5.09. The Kier molecular flexibility index (Phi) is 2.53. The number of thiazole rings is 1. The number of hydrogen-bond acceptors (Lipinski definition) is 6. The highest BCUT2D eigenvalue weighted by molar-refractivity contribution is 7.24. The smallest absolute Gasteiger partial charge is 0.138 e. The number of nitrogen functional groups attached to an aromatic ring is 1. The highest BCUT2D eigenvalue weighted by Gasteiger charge is 2.13. The first-order valence-corrected chi connectivity index (χ1v) is 6.84. The molecule has 86 valence electrons. The van der Waals surface area contributed by atoms with E-state index in [2.05, 4.69) is 21.5 Å². The maximum absolute atomic E-state index is 5.76. The van der Waals surface area contributed by atoms with Gasteiger partial charge in [0.15, 0.2) is 0 Å². The molecule has 2 N–H and O–H groups in total. The first-order chi connectivity index (χ1) is 8.28. The van der Waals surface area contributed by atoms with E-state index in [1.165, 1.54) is 11.5 Å². The Morgan fingerprint density at radius 3 is 3.06 bits per heavy atom. The normalized spacial score (nSPS) is 11.1. The third kappa shape index (κ3) is 1.79. The third-order valence-corrected chi connectivity index (χ3v) is 4.44. The second-order valence-corrected chi connectivity index (χ2v) is 5.43. The maximum Gasteiger partial charge on any atom is 0.138 e. The minimum Gasteiger partial charge on any atom is -0.399 e. The molecule has 0 radical (unpaired) electrons. The molecular weight excluding hydrogens is 252 g/mol. The number of hydrogen-bond donors (Lipinski definition) is 1. The van der Waals surface area contributed by atoms with Gasteiger partial charge in [-0.25, -0.2) is 4.98 Å². The van der Waals surface area contributed by atoms with Crippen LogP contribution in [-0.4, -0.2) is 14.6 Å². The van der Waals surface area contributed by atoms with Gasteiger partial charge in [0, 0.05) is 5.69 Å². The Balaban J connectivity index is 2.18. The van der Waals surface area contributed by atoms with Gasteiger partial charge in [0.05, 0.1) is 15.9 Å². The van der Waals surface area contributed by atoms with Gasteiger partial charge in [-0.3, -0.25) is 0 Å². The van der Waals surface area contributed by atoms with Crippen molar-refractivity contribution in [2.24, 2.45) is 0 Å². The summed E-state index contributed by atoms with van der Waals surface area (Å²) in [4.78, 5) is 5.67. The van der Waals surface area contributed by atoms with Gasteiger partial charge >= 0.3 is 0 Å². The Hall–Kier alpha value is -1.53. The van der Waals surface area contributed by atoms with Gasteiger partial charge in [0.1, 0.15) is 9.88 Å². The highest BCUT2D eigenvalue weighted by atomic mass is 32.1. The van der Waals surface area contributed by atoms with E-state index in [0.29, 0.717) is 0 Å². The molecule has 0 unspecified atom stereocenters. The summed E-state index contributed by atoms with van der Waals surface area (Å²) >= 11 is 3.04. The van der Waals surface area contributed by atoms with Crippen molar-refractivity contribution >= 4 is 38.8 Å². The van der Waals surface area contributed by atoms with Gasteiger partial charge in [0.2, 0.25) is 0 Å². The van der Waals surface area contributed by atoms with Crippen molar-refractivity contribution in [3.05, 3.63) is 23.9 Å². The SMILES string of the molecule is CCc1nnsc1-c1nc2ccc(N)cc2s1. The van der Waals surface area contributed by atoms with Crippen molar-refractivity contribution in [3.8, 4) is 9.88 Å². The molecule has 0 spiro atoms. The third-order valence-electron chi connectivity index (χ3n) is 2.50. The largest absolute Gasteiger partial charge is 0.399 e. The standard InChI is InChI=1S/C11H10N4S2/c1-2-7-10(17-15-14-7)11-13-8-4-3-6(12)5-9(8)16-11/h3-5H,2,12H2,1H3. The van der Waals surface area contributed by atoms with E-state index in [9.17, 15) is 0 Å². The number of anilines is 1. The summed E-state index contributed by atoms with van der Waals surface area (Å²) in [5.74, 6) is 0. The van der Waals surface area contributed by atoms with Crippen molar-refractivity contribution in [1.82, 2.24) is 14.6 Å². The Morgan fingerprint density at radius 1 is 1.35 bits per heavy atom. The van der Waals surface area contributed by atoms with Crippen LogP contribution >= 0.6 is 22.9 Å². The van der Waals surface area contributed by atoms with E-state index in [1.54, 1.807) is 11.3 Å². The monoisotopic (exact) mass is 262 g/mol. The number of aryl methyl sites for hydroxylation is 1. The zero-order chi connectivity index (χ0) is 11.8. The van der Waals surface area contributed by atoms with Gasteiger partial charge in [-0.15, -0.1) is 16.4 Å². The van der Waals surface area contributed by atoms with Crippen LogP contribution < -0.4 is 5.73 Å². The van der Waals surface area contributed by atoms with Gasteiger partial charge in [-0.2, -0.15) is 0 Å². The molecule has 0 aliphatic heterocycles. The fourth-order valence-electron chi connectivity index (χ4n) is 1.64. The molecule has 0 saturated heterocycles. The van der Waals surface area contributed by atoms with E-state index in [-0.39, 0.29) is 0 Å². The van der Waals surface area contributed by atoms with Crippen LogP contribution in [-0.2, 0) is 6.42 Å². The van der Waals surface area contributed by atoms with Gasteiger partial charge in [0.25, 0.3) is 0 Å². The van der Waals surface area contributed by atoms with E-state index in [1.807, 2.05) is 18.2 Å². The first-order valence-electron chi connectivity index (χ1n) is 5.25. The van der Waals surface area contributed by atoms with Crippen LogP contribution in [0.2, 0.25) is 0 Å². The van der Waals surface area contributed by atoms with E-state index in [4.69, 9.17) is 5.73 Å². The van der Waals surface area contributed by atoms with Crippen LogP contribution in [0.5, 0.6) is 0 Å². The van der Waals surface area contributed by atoms with Gasteiger partial charge < -0.3 is 5.73 Å². The molecule has 2 aromatic heterocycles. The molecule has 3 rings (SSSR count). The Bertz CT molecular complexity index is 671. The topological polar surface area (TPSA) is 64.7 Å². The number of nitrogens with two attached hydrogens (primary N) is 1. The fraction of sp³-hybridized carbons (Fsp3) is 0.182. The number of fused-ring (bicyclic) bond motifs is 1. The second-order valence-electron chi connectivity index (χ2n) is 3.65. The maximum atomic E-state index is 5.76. The lowest BCUT2D eigenvalue weighted by Crippen LogP contribution is -1.83. The summed E-state index contributed by atoms with van der Waals surface area (Å²) in [7, 11) is 0. The second kappa shape index (κ2) is 4.05. The van der Waals surface area contributed by atoms with Gasteiger partial charge in [-0.05, 0) is 36.2 Å². The van der Waals surface area contributed by atoms with Crippen LogP contribution in [0.15, 0.2) is 18.2 Å². The van der Waals surface area contributed by atoms with E-state index in [0.717, 1.165) is 37.9 Å². The predicted octanol–water partition coefficient (Wildman–Crippen LogP) is 2.96.